The highest BCUT2D eigenvalue weighted by atomic mass is 35.5. The molecular formula is C31H46Cl3NO7S. The molecule has 1 heterocycles. The zero-order valence-electron chi connectivity index (χ0n) is 25.2. The molecule has 0 bridgehead atoms. The van der Waals surface area contributed by atoms with Gasteiger partial charge in [0, 0.05) is 47.4 Å². The number of esters is 1. The van der Waals surface area contributed by atoms with Gasteiger partial charge in [0.15, 0.2) is 0 Å². The summed E-state index contributed by atoms with van der Waals surface area (Å²) in [6, 6.07) is 9.36. The number of amides is 1. The van der Waals surface area contributed by atoms with Crippen molar-refractivity contribution in [2.24, 2.45) is 11.3 Å². The number of aryl methyl sites for hydroxylation is 2. The lowest BCUT2D eigenvalue weighted by Gasteiger charge is -2.34. The molecule has 0 saturated heterocycles. The number of hydrogen-bond donors (Lipinski definition) is 4. The van der Waals surface area contributed by atoms with Crippen molar-refractivity contribution in [3.63, 3.8) is 0 Å². The molecule has 3 rings (SSSR count). The number of alkyl halides is 1. The van der Waals surface area contributed by atoms with E-state index in [1.165, 1.54) is 48.0 Å². The van der Waals surface area contributed by atoms with Crippen LogP contribution in [0.2, 0.25) is 10.0 Å². The van der Waals surface area contributed by atoms with Crippen LogP contribution in [0.3, 0.4) is 0 Å². The summed E-state index contributed by atoms with van der Waals surface area (Å²) in [6.07, 6.45) is 7.72. The molecule has 1 fully saturated rings. The topological polar surface area (TPSA) is 128 Å². The van der Waals surface area contributed by atoms with Gasteiger partial charge in [-0.2, -0.15) is 0 Å². The van der Waals surface area contributed by atoms with E-state index in [0.717, 1.165) is 53.6 Å². The van der Waals surface area contributed by atoms with Crippen LogP contribution in [0.5, 0.6) is 0 Å². The average molecular weight is 683 g/mol. The molecule has 1 aromatic heterocycles. The maximum absolute atomic E-state index is 12.2. The summed E-state index contributed by atoms with van der Waals surface area (Å²) in [4.78, 5) is 26.7. The standard InChI is InChI=1S/C17H27NO6S.C13H15Cl3.CH4O/c1-3-4-14-5-6-15(25-14)16(23)24-12-17(10-20,11-21)9-18(7-8-19)13(2)22;14-11-4-3-9(5-11)1-2-10-6-12(15)8-13(16)7-10;1-2/h5-6,19-21H,3-4,7-12H2,1-2H3;6-9,11H,1-5H2;2H,1H3. The minimum Gasteiger partial charge on any atom is -0.461 e. The van der Waals surface area contributed by atoms with Gasteiger partial charge in [-0.1, -0.05) is 36.5 Å². The van der Waals surface area contributed by atoms with Crippen molar-refractivity contribution in [1.82, 2.24) is 4.90 Å². The number of aliphatic hydroxyl groups is 4. The van der Waals surface area contributed by atoms with E-state index >= 15 is 0 Å². The van der Waals surface area contributed by atoms with Crippen molar-refractivity contribution in [2.45, 2.75) is 64.2 Å². The first-order chi connectivity index (χ1) is 20.5. The van der Waals surface area contributed by atoms with E-state index in [1.54, 1.807) is 12.1 Å². The zero-order chi connectivity index (χ0) is 32.4. The normalized spacial score (nSPS) is 16.0. The second-order valence-corrected chi connectivity index (χ2v) is 13.3. The predicted octanol–water partition coefficient (Wildman–Crippen LogP) is 5.61. The third-order valence-corrected chi connectivity index (χ3v) is 9.08. The third kappa shape index (κ3) is 14.5. The van der Waals surface area contributed by atoms with E-state index < -0.39 is 24.6 Å². The van der Waals surface area contributed by atoms with Crippen LogP contribution in [-0.2, 0) is 22.4 Å². The maximum Gasteiger partial charge on any atom is 0.348 e. The SMILES string of the molecule is CCCc1ccc(C(=O)OCC(CO)(CO)CN(CCO)C(C)=O)s1.CO.Clc1cc(Cl)cc(CCC2CCC(Cl)C2)c1. The number of carbonyl (C=O) groups is 2. The van der Waals surface area contributed by atoms with Gasteiger partial charge in [0.05, 0.1) is 25.2 Å². The lowest BCUT2D eigenvalue weighted by atomic mass is 9.90. The molecule has 43 heavy (non-hydrogen) atoms. The van der Waals surface area contributed by atoms with Crippen molar-refractivity contribution in [2.75, 3.05) is 46.6 Å². The van der Waals surface area contributed by atoms with E-state index in [4.69, 9.17) is 49.8 Å². The molecule has 1 aromatic carbocycles. The van der Waals surface area contributed by atoms with Gasteiger partial charge < -0.3 is 30.1 Å². The van der Waals surface area contributed by atoms with Crippen LogP contribution in [0.1, 0.15) is 66.1 Å². The molecule has 2 unspecified atom stereocenters. The Labute approximate surface area is 274 Å². The molecular weight excluding hydrogens is 637 g/mol. The molecule has 8 nitrogen and oxygen atoms in total. The lowest BCUT2D eigenvalue weighted by molar-refractivity contribution is -0.133. The van der Waals surface area contributed by atoms with Gasteiger partial charge in [-0.15, -0.1) is 22.9 Å². The summed E-state index contributed by atoms with van der Waals surface area (Å²) in [6.45, 7) is 2.07. The molecule has 0 aliphatic heterocycles. The van der Waals surface area contributed by atoms with Crippen molar-refractivity contribution < 1.29 is 34.8 Å². The molecule has 0 spiro atoms. The van der Waals surface area contributed by atoms with Gasteiger partial charge in [-0.05, 0) is 80.3 Å². The summed E-state index contributed by atoms with van der Waals surface area (Å²) < 4.78 is 5.28. The Morgan fingerprint density at radius 2 is 1.70 bits per heavy atom. The monoisotopic (exact) mass is 681 g/mol. The minimum atomic E-state index is -1.18. The second-order valence-electron chi connectivity index (χ2n) is 10.7. The molecule has 1 aliphatic rings. The molecule has 1 aliphatic carbocycles. The van der Waals surface area contributed by atoms with Crippen molar-refractivity contribution in [1.29, 1.82) is 0 Å². The summed E-state index contributed by atoms with van der Waals surface area (Å²) >= 11 is 19.4. The summed E-state index contributed by atoms with van der Waals surface area (Å²) in [7, 11) is 1.00. The van der Waals surface area contributed by atoms with Crippen molar-refractivity contribution in [3.8, 4) is 0 Å². The van der Waals surface area contributed by atoms with E-state index in [-0.39, 0.29) is 32.2 Å². The first-order valence-electron chi connectivity index (χ1n) is 14.4. The number of ether oxygens (including phenoxy) is 1. The van der Waals surface area contributed by atoms with Crippen molar-refractivity contribution >= 4 is 58.0 Å². The van der Waals surface area contributed by atoms with E-state index in [9.17, 15) is 19.8 Å². The second kappa shape index (κ2) is 21.3. The number of halogens is 3. The number of nitrogens with zero attached hydrogens (tertiary/aromatic N) is 1. The van der Waals surface area contributed by atoms with Crippen LogP contribution < -0.4 is 0 Å². The fourth-order valence-electron chi connectivity index (χ4n) is 4.72. The van der Waals surface area contributed by atoms with Gasteiger partial charge in [0.25, 0.3) is 0 Å². The molecule has 12 heteroatoms. The highest BCUT2D eigenvalue weighted by molar-refractivity contribution is 7.13. The maximum atomic E-state index is 12.2. The smallest absolute Gasteiger partial charge is 0.348 e. The zero-order valence-corrected chi connectivity index (χ0v) is 28.3. The molecule has 2 aromatic rings. The van der Waals surface area contributed by atoms with Gasteiger partial charge in [-0.25, -0.2) is 4.79 Å². The van der Waals surface area contributed by atoms with Crippen LogP contribution >= 0.6 is 46.1 Å². The summed E-state index contributed by atoms with van der Waals surface area (Å²) in [5, 5.41) is 37.3. The van der Waals surface area contributed by atoms with Gasteiger partial charge in [0.1, 0.15) is 11.5 Å². The molecule has 4 N–H and O–H groups in total. The van der Waals surface area contributed by atoms with Gasteiger partial charge in [0.2, 0.25) is 5.91 Å². The average Bonchev–Trinajstić information content (AvgIpc) is 3.63. The van der Waals surface area contributed by atoms with E-state index in [1.807, 2.05) is 18.2 Å². The molecule has 1 amide bonds. The fourth-order valence-corrected chi connectivity index (χ4v) is 6.67. The van der Waals surface area contributed by atoms with Crippen LogP contribution in [0.15, 0.2) is 30.3 Å². The van der Waals surface area contributed by atoms with Crippen LogP contribution in [-0.4, -0.2) is 89.2 Å². The number of benzene rings is 1. The Kier molecular flexibility index (Phi) is 19.6. The quantitative estimate of drug-likeness (QED) is 0.151. The Hall–Kier alpha value is -1.43. The molecule has 0 radical (unpaired) electrons. The Morgan fingerprint density at radius 1 is 1.05 bits per heavy atom. The summed E-state index contributed by atoms with van der Waals surface area (Å²) in [5.41, 5.74) is 0.0514. The molecule has 244 valence electrons. The number of thiophene rings is 1. The van der Waals surface area contributed by atoms with Crippen molar-refractivity contribution in [3.05, 3.63) is 55.7 Å². The highest BCUT2D eigenvalue weighted by Crippen LogP contribution is 2.33. The third-order valence-electron chi connectivity index (χ3n) is 7.12. The van der Waals surface area contributed by atoms with Gasteiger partial charge in [-0.3, -0.25) is 4.79 Å². The Morgan fingerprint density at radius 3 is 2.21 bits per heavy atom. The lowest BCUT2D eigenvalue weighted by Crippen LogP contribution is -2.48. The van der Waals surface area contributed by atoms with Crippen LogP contribution in [0, 0.1) is 11.3 Å². The largest absolute Gasteiger partial charge is 0.461 e. The van der Waals surface area contributed by atoms with E-state index in [0.29, 0.717) is 10.3 Å². The first kappa shape index (κ1) is 39.6. The van der Waals surface area contributed by atoms with Gasteiger partial charge >= 0.3 is 5.97 Å². The van der Waals surface area contributed by atoms with Crippen LogP contribution in [0.25, 0.3) is 0 Å². The first-order valence-corrected chi connectivity index (χ1v) is 16.4. The predicted molar refractivity (Wildman–Crippen MR) is 174 cm³/mol. The number of rotatable bonds is 14. The molecule has 2 atom stereocenters. The fraction of sp³-hybridized carbons (Fsp3) is 0.613. The Bertz CT molecular complexity index is 1080. The van der Waals surface area contributed by atoms with E-state index in [2.05, 4.69) is 6.92 Å². The highest BCUT2D eigenvalue weighted by Gasteiger charge is 2.34. The number of carbonyl (C=O) groups excluding carboxylic acids is 2. The number of hydrogen-bond acceptors (Lipinski definition) is 8. The van der Waals surface area contributed by atoms with Crippen LogP contribution in [0.4, 0.5) is 0 Å². The summed E-state index contributed by atoms with van der Waals surface area (Å²) in [5.74, 6) is -0.0375. The Balaban J connectivity index is 0.000000439. The number of aliphatic hydroxyl groups excluding tert-OH is 4. The minimum absolute atomic E-state index is 0.0191. The molecule has 1 saturated carbocycles.